The van der Waals surface area contributed by atoms with Crippen molar-refractivity contribution in [3.63, 3.8) is 0 Å². The summed E-state index contributed by atoms with van der Waals surface area (Å²) in [5.41, 5.74) is 2.70. The second kappa shape index (κ2) is 6.44. The number of ether oxygens (including phenoxy) is 1. The molecule has 21 heavy (non-hydrogen) atoms. The summed E-state index contributed by atoms with van der Waals surface area (Å²) in [5, 5.41) is 0. The van der Waals surface area contributed by atoms with Crippen LogP contribution < -0.4 is 0 Å². The average molecular weight is 285 g/mol. The van der Waals surface area contributed by atoms with Gasteiger partial charge in [0.25, 0.3) is 0 Å². The Morgan fingerprint density at radius 1 is 1.24 bits per heavy atom. The van der Waals surface area contributed by atoms with Crippen molar-refractivity contribution in [2.45, 2.75) is 26.3 Å². The Kier molecular flexibility index (Phi) is 4.39. The van der Waals surface area contributed by atoms with Crippen molar-refractivity contribution in [1.82, 2.24) is 4.90 Å². The molecule has 2 aliphatic rings. The van der Waals surface area contributed by atoms with Crippen LogP contribution in [0.25, 0.3) is 0 Å². The Bertz CT molecular complexity index is 507. The van der Waals surface area contributed by atoms with Crippen LogP contribution in [0.4, 0.5) is 0 Å². The summed E-state index contributed by atoms with van der Waals surface area (Å²) in [7, 11) is 0. The van der Waals surface area contributed by atoms with Gasteiger partial charge in [0.2, 0.25) is 0 Å². The predicted molar refractivity (Wildman–Crippen MR) is 82.6 cm³/mol. The molecule has 0 radical (unpaired) electrons. The summed E-state index contributed by atoms with van der Waals surface area (Å²) >= 11 is 0. The highest BCUT2D eigenvalue weighted by molar-refractivity contribution is 5.83. The van der Waals surface area contributed by atoms with Crippen molar-refractivity contribution in [2.24, 2.45) is 11.8 Å². The molecule has 0 amide bonds. The number of benzene rings is 1. The monoisotopic (exact) mass is 285 g/mol. The van der Waals surface area contributed by atoms with E-state index in [2.05, 4.69) is 35.2 Å². The van der Waals surface area contributed by atoms with Gasteiger partial charge in [-0.1, -0.05) is 35.9 Å². The largest absolute Gasteiger partial charge is 0.463 e. The third-order valence-corrected chi connectivity index (χ3v) is 4.58. The molecule has 0 N–H and O–H groups in total. The van der Waals surface area contributed by atoms with Crippen molar-refractivity contribution in [1.29, 1.82) is 0 Å². The average Bonchev–Trinajstić information content (AvgIpc) is 2.71. The Balaban J connectivity index is 1.65. The molecule has 0 spiro atoms. The number of nitrogens with zero attached hydrogens (tertiary/aromatic N) is 1. The van der Waals surface area contributed by atoms with Gasteiger partial charge in [-0.2, -0.15) is 0 Å². The fourth-order valence-corrected chi connectivity index (χ4v) is 3.69. The number of rotatable bonds is 4. The minimum absolute atomic E-state index is 0.166. The molecular weight excluding hydrogens is 262 g/mol. The number of carbonyl (C=O) groups excluding carboxylic acids is 1. The molecule has 2 atom stereocenters. The number of carbonyl (C=O) groups is 1. The first-order valence-electron chi connectivity index (χ1n) is 7.90. The van der Waals surface area contributed by atoms with Gasteiger partial charge in [0.1, 0.15) is 0 Å². The molecule has 2 unspecified atom stereocenters. The third-order valence-electron chi connectivity index (χ3n) is 4.58. The second-order valence-corrected chi connectivity index (χ2v) is 6.05. The van der Waals surface area contributed by atoms with Crippen LogP contribution >= 0.6 is 0 Å². The molecular formula is C18H23NO2. The van der Waals surface area contributed by atoms with E-state index in [1.54, 1.807) is 6.08 Å². The molecule has 2 bridgehead atoms. The van der Waals surface area contributed by atoms with Crippen molar-refractivity contribution in [2.75, 3.05) is 19.7 Å². The van der Waals surface area contributed by atoms with Crippen LogP contribution in [0.5, 0.6) is 0 Å². The zero-order valence-electron chi connectivity index (χ0n) is 12.6. The molecule has 1 aliphatic heterocycles. The zero-order chi connectivity index (χ0) is 14.7. The Hall–Kier alpha value is -1.61. The molecule has 2 fully saturated rings. The van der Waals surface area contributed by atoms with Gasteiger partial charge in [-0.25, -0.2) is 4.79 Å². The summed E-state index contributed by atoms with van der Waals surface area (Å²) in [5.74, 6) is 0.912. The summed E-state index contributed by atoms with van der Waals surface area (Å²) in [4.78, 5) is 14.2. The maximum absolute atomic E-state index is 11.7. The van der Waals surface area contributed by atoms with E-state index in [0.29, 0.717) is 18.4 Å². The number of esters is 1. The van der Waals surface area contributed by atoms with Gasteiger partial charge in [-0.15, -0.1) is 0 Å². The Labute approximate surface area is 126 Å². The minimum atomic E-state index is -0.166. The smallest absolute Gasteiger partial charge is 0.330 e. The van der Waals surface area contributed by atoms with E-state index in [0.717, 1.165) is 19.6 Å². The minimum Gasteiger partial charge on any atom is -0.463 e. The molecule has 3 rings (SSSR count). The van der Waals surface area contributed by atoms with Crippen LogP contribution in [0.15, 0.2) is 42.0 Å². The molecule has 1 aliphatic carbocycles. The van der Waals surface area contributed by atoms with Crippen molar-refractivity contribution >= 4 is 5.97 Å². The first-order valence-corrected chi connectivity index (χ1v) is 7.90. The van der Waals surface area contributed by atoms with Gasteiger partial charge in [-0.05, 0) is 37.2 Å². The lowest BCUT2D eigenvalue weighted by atomic mass is 9.91. The molecule has 1 aromatic rings. The van der Waals surface area contributed by atoms with Crippen molar-refractivity contribution < 1.29 is 9.53 Å². The standard InChI is InChI=1S/C18H23NO2/c1-2-21-18(20)10-17-15-8-9-16(17)13-19(12-15)11-14-6-4-3-5-7-14/h3-7,10,15-16H,2,8-9,11-13H2,1H3. The predicted octanol–water partition coefficient (Wildman–Crippen LogP) is 3.02. The van der Waals surface area contributed by atoms with Crippen molar-refractivity contribution in [3.05, 3.63) is 47.5 Å². The highest BCUT2D eigenvalue weighted by atomic mass is 16.5. The third kappa shape index (κ3) is 3.35. The summed E-state index contributed by atoms with van der Waals surface area (Å²) in [6, 6.07) is 10.6. The van der Waals surface area contributed by atoms with Crippen LogP contribution in [0.3, 0.4) is 0 Å². The van der Waals surface area contributed by atoms with Crippen LogP contribution in [0.2, 0.25) is 0 Å². The van der Waals surface area contributed by atoms with Gasteiger partial charge < -0.3 is 4.74 Å². The highest BCUT2D eigenvalue weighted by Crippen LogP contribution is 2.41. The van der Waals surface area contributed by atoms with E-state index < -0.39 is 0 Å². The molecule has 1 saturated carbocycles. The van der Waals surface area contributed by atoms with Crippen LogP contribution in [0.1, 0.15) is 25.3 Å². The summed E-state index contributed by atoms with van der Waals surface area (Å²) < 4.78 is 5.06. The van der Waals surface area contributed by atoms with Crippen LogP contribution in [0, 0.1) is 11.8 Å². The van der Waals surface area contributed by atoms with E-state index in [-0.39, 0.29) is 5.97 Å². The van der Waals surface area contributed by atoms with E-state index in [1.165, 1.54) is 24.0 Å². The normalized spacial score (nSPS) is 24.9. The van der Waals surface area contributed by atoms with E-state index in [4.69, 9.17) is 4.74 Å². The molecule has 112 valence electrons. The molecule has 1 saturated heterocycles. The lowest BCUT2D eigenvalue weighted by Crippen LogP contribution is -2.37. The molecule has 3 nitrogen and oxygen atoms in total. The lowest BCUT2D eigenvalue weighted by Gasteiger charge is -2.34. The highest BCUT2D eigenvalue weighted by Gasteiger charge is 2.37. The van der Waals surface area contributed by atoms with Gasteiger partial charge in [-0.3, -0.25) is 4.90 Å². The van der Waals surface area contributed by atoms with Crippen molar-refractivity contribution in [3.8, 4) is 0 Å². The quantitative estimate of drug-likeness (QED) is 0.629. The fourth-order valence-electron chi connectivity index (χ4n) is 3.69. The van der Waals surface area contributed by atoms with Crippen LogP contribution in [-0.2, 0) is 16.1 Å². The van der Waals surface area contributed by atoms with Gasteiger partial charge >= 0.3 is 5.97 Å². The maximum Gasteiger partial charge on any atom is 0.330 e. The van der Waals surface area contributed by atoms with E-state index in [1.807, 2.05) is 6.92 Å². The molecule has 0 aromatic heterocycles. The number of piperidine rings is 1. The summed E-state index contributed by atoms with van der Waals surface area (Å²) in [6.45, 7) is 5.46. The lowest BCUT2D eigenvalue weighted by molar-refractivity contribution is -0.137. The second-order valence-electron chi connectivity index (χ2n) is 6.05. The van der Waals surface area contributed by atoms with Crippen LogP contribution in [-0.4, -0.2) is 30.6 Å². The topological polar surface area (TPSA) is 29.5 Å². The first-order chi connectivity index (χ1) is 10.3. The van der Waals surface area contributed by atoms with Gasteiger partial charge in [0.15, 0.2) is 0 Å². The SMILES string of the molecule is CCOC(=O)C=C1C2CCC1CN(Cc1ccccc1)C2. The number of hydrogen-bond donors (Lipinski definition) is 0. The Morgan fingerprint density at radius 2 is 1.90 bits per heavy atom. The fraction of sp³-hybridized carbons (Fsp3) is 0.500. The van der Waals surface area contributed by atoms with Gasteiger partial charge in [0.05, 0.1) is 6.61 Å². The van der Waals surface area contributed by atoms with E-state index >= 15 is 0 Å². The zero-order valence-corrected chi connectivity index (χ0v) is 12.6. The summed E-state index contributed by atoms with van der Waals surface area (Å²) in [6.07, 6.45) is 4.19. The molecule has 1 heterocycles. The number of likely N-dealkylation sites (tertiary alicyclic amines) is 1. The number of fused-ring (bicyclic) bond motifs is 2. The van der Waals surface area contributed by atoms with Gasteiger partial charge in [0, 0.05) is 25.7 Å². The Morgan fingerprint density at radius 3 is 2.52 bits per heavy atom. The first kappa shape index (κ1) is 14.3. The number of hydrogen-bond acceptors (Lipinski definition) is 3. The molecule has 1 aromatic carbocycles. The van der Waals surface area contributed by atoms with E-state index in [9.17, 15) is 4.79 Å². The molecule has 3 heteroatoms. The maximum atomic E-state index is 11.7.